The second-order valence-corrected chi connectivity index (χ2v) is 5.63. The Morgan fingerprint density at radius 1 is 1.32 bits per heavy atom. The zero-order valence-corrected chi connectivity index (χ0v) is 12.4. The largest absolute Gasteiger partial charge is 0.417 e. The number of rotatable bonds is 2. The number of carbonyl (C=O) groups excluding carboxylic acids is 1. The Bertz CT molecular complexity index is 572. The first-order valence-corrected chi connectivity index (χ1v) is 7.19. The molecule has 7 heteroatoms. The molecule has 1 aliphatic carbocycles. The molecule has 0 spiro atoms. The Hall–Kier alpha value is -1.92. The quantitative estimate of drug-likeness (QED) is 0.847. The standard InChI is InChI=1S/C15H18F3N3O/c1-9-4-3-5-10(2)13(9)20-21-14(22)11-8-19-7-6-12(11)15(16,17)18/h6-10H,3-5H2,1-2H3,(H,21,22). The minimum Gasteiger partial charge on any atom is -0.267 e. The Labute approximate surface area is 126 Å². The monoisotopic (exact) mass is 313 g/mol. The van der Waals surface area contributed by atoms with Crippen molar-refractivity contribution in [3.63, 3.8) is 0 Å². The van der Waals surface area contributed by atoms with Gasteiger partial charge in [-0.15, -0.1) is 0 Å². The molecule has 1 amide bonds. The molecule has 2 atom stereocenters. The van der Waals surface area contributed by atoms with Gasteiger partial charge in [-0.05, 0) is 30.7 Å². The highest BCUT2D eigenvalue weighted by atomic mass is 19.4. The number of halogens is 3. The van der Waals surface area contributed by atoms with E-state index in [0.29, 0.717) is 0 Å². The third-order valence-corrected chi connectivity index (χ3v) is 3.94. The fourth-order valence-corrected chi connectivity index (χ4v) is 2.73. The lowest BCUT2D eigenvalue weighted by atomic mass is 9.81. The van der Waals surface area contributed by atoms with Crippen LogP contribution in [-0.2, 0) is 6.18 Å². The molecule has 1 N–H and O–H groups in total. The van der Waals surface area contributed by atoms with Gasteiger partial charge in [-0.25, -0.2) is 5.43 Å². The summed E-state index contributed by atoms with van der Waals surface area (Å²) in [6, 6.07) is 0.786. The number of hydrogen-bond donors (Lipinski definition) is 1. The summed E-state index contributed by atoms with van der Waals surface area (Å²) in [5.74, 6) is -0.446. The normalized spacial score (nSPS) is 22.3. The number of aromatic nitrogens is 1. The van der Waals surface area contributed by atoms with Crippen LogP contribution < -0.4 is 5.43 Å². The summed E-state index contributed by atoms with van der Waals surface area (Å²) in [6.07, 6.45) is 0.354. The summed E-state index contributed by atoms with van der Waals surface area (Å²) < 4.78 is 38.7. The van der Waals surface area contributed by atoms with Gasteiger partial charge in [-0.3, -0.25) is 9.78 Å². The van der Waals surface area contributed by atoms with E-state index >= 15 is 0 Å². The first-order chi connectivity index (χ1) is 10.3. The van der Waals surface area contributed by atoms with E-state index in [9.17, 15) is 18.0 Å². The fraction of sp³-hybridized carbons (Fsp3) is 0.533. The van der Waals surface area contributed by atoms with Gasteiger partial charge >= 0.3 is 6.18 Å². The van der Waals surface area contributed by atoms with E-state index in [-0.39, 0.29) is 11.8 Å². The molecule has 1 aromatic rings. The summed E-state index contributed by atoms with van der Waals surface area (Å²) >= 11 is 0. The number of nitrogens with one attached hydrogen (secondary N) is 1. The number of carbonyl (C=O) groups is 1. The van der Waals surface area contributed by atoms with E-state index in [2.05, 4.69) is 15.5 Å². The number of pyridine rings is 1. The second kappa shape index (κ2) is 6.46. The Morgan fingerprint density at radius 2 is 1.95 bits per heavy atom. The van der Waals surface area contributed by atoms with Crippen molar-refractivity contribution in [1.82, 2.24) is 10.4 Å². The van der Waals surface area contributed by atoms with Crippen molar-refractivity contribution in [2.45, 2.75) is 39.3 Å². The van der Waals surface area contributed by atoms with E-state index in [1.54, 1.807) is 0 Å². The van der Waals surface area contributed by atoms with Gasteiger partial charge in [0.15, 0.2) is 0 Å². The number of nitrogens with zero attached hydrogens (tertiary/aromatic N) is 2. The van der Waals surface area contributed by atoms with Crippen LogP contribution in [0.3, 0.4) is 0 Å². The van der Waals surface area contributed by atoms with Crippen molar-refractivity contribution < 1.29 is 18.0 Å². The van der Waals surface area contributed by atoms with Gasteiger partial charge in [-0.2, -0.15) is 18.3 Å². The SMILES string of the molecule is CC1CCCC(C)C1=NNC(=O)c1cnccc1C(F)(F)F. The van der Waals surface area contributed by atoms with Crippen LogP contribution in [0, 0.1) is 11.8 Å². The lowest BCUT2D eigenvalue weighted by molar-refractivity contribution is -0.138. The predicted octanol–water partition coefficient (Wildman–Crippen LogP) is 3.64. The number of hydrazone groups is 1. The highest BCUT2D eigenvalue weighted by molar-refractivity contribution is 5.97. The smallest absolute Gasteiger partial charge is 0.267 e. The van der Waals surface area contributed by atoms with E-state index in [1.807, 2.05) is 13.8 Å². The number of alkyl halides is 3. The molecular weight excluding hydrogens is 295 g/mol. The summed E-state index contributed by atoms with van der Waals surface area (Å²) in [5.41, 5.74) is 1.55. The molecule has 0 aliphatic heterocycles. The first kappa shape index (κ1) is 16.5. The highest BCUT2D eigenvalue weighted by Gasteiger charge is 2.35. The molecule has 1 aromatic heterocycles. The van der Waals surface area contributed by atoms with Gasteiger partial charge in [0.25, 0.3) is 5.91 Å². The van der Waals surface area contributed by atoms with Crippen molar-refractivity contribution in [1.29, 1.82) is 0 Å². The molecule has 2 rings (SSSR count). The van der Waals surface area contributed by atoms with Gasteiger partial charge in [-0.1, -0.05) is 20.3 Å². The Kier molecular flexibility index (Phi) is 4.83. The van der Waals surface area contributed by atoms with Crippen molar-refractivity contribution in [2.75, 3.05) is 0 Å². The van der Waals surface area contributed by atoms with Crippen LogP contribution in [0.25, 0.3) is 0 Å². The van der Waals surface area contributed by atoms with Crippen molar-refractivity contribution in [2.24, 2.45) is 16.9 Å². The maximum atomic E-state index is 12.9. The Balaban J connectivity index is 2.20. The van der Waals surface area contributed by atoms with E-state index < -0.39 is 23.2 Å². The molecule has 0 bridgehead atoms. The lowest BCUT2D eigenvalue weighted by Crippen LogP contribution is -2.30. The van der Waals surface area contributed by atoms with Gasteiger partial charge in [0.1, 0.15) is 0 Å². The fourth-order valence-electron chi connectivity index (χ4n) is 2.73. The molecule has 0 aromatic carbocycles. The molecule has 1 aliphatic rings. The molecule has 22 heavy (non-hydrogen) atoms. The van der Waals surface area contributed by atoms with Gasteiger partial charge < -0.3 is 0 Å². The van der Waals surface area contributed by atoms with Crippen LogP contribution >= 0.6 is 0 Å². The minimum absolute atomic E-state index is 0.222. The number of amides is 1. The van der Waals surface area contributed by atoms with Crippen LogP contribution in [0.2, 0.25) is 0 Å². The van der Waals surface area contributed by atoms with E-state index in [0.717, 1.165) is 43.4 Å². The van der Waals surface area contributed by atoms with Gasteiger partial charge in [0.05, 0.1) is 11.1 Å². The maximum Gasteiger partial charge on any atom is 0.417 e. The van der Waals surface area contributed by atoms with Crippen molar-refractivity contribution in [3.8, 4) is 0 Å². The summed E-state index contributed by atoms with van der Waals surface area (Å²) in [6.45, 7) is 4.01. The summed E-state index contributed by atoms with van der Waals surface area (Å²) in [4.78, 5) is 15.6. The molecule has 1 heterocycles. The molecule has 120 valence electrons. The van der Waals surface area contributed by atoms with Crippen LogP contribution in [0.4, 0.5) is 13.2 Å². The average molecular weight is 313 g/mol. The number of hydrogen-bond acceptors (Lipinski definition) is 3. The topological polar surface area (TPSA) is 54.4 Å². The first-order valence-electron chi connectivity index (χ1n) is 7.19. The van der Waals surface area contributed by atoms with Crippen LogP contribution in [0.5, 0.6) is 0 Å². The third-order valence-electron chi connectivity index (χ3n) is 3.94. The van der Waals surface area contributed by atoms with Crippen LogP contribution in [-0.4, -0.2) is 16.6 Å². The van der Waals surface area contributed by atoms with E-state index in [4.69, 9.17) is 0 Å². The summed E-state index contributed by atoms with van der Waals surface area (Å²) in [5, 5.41) is 4.07. The highest BCUT2D eigenvalue weighted by Crippen LogP contribution is 2.31. The zero-order chi connectivity index (χ0) is 16.3. The van der Waals surface area contributed by atoms with Gasteiger partial charge in [0.2, 0.25) is 0 Å². The van der Waals surface area contributed by atoms with Crippen molar-refractivity contribution in [3.05, 3.63) is 29.6 Å². The second-order valence-electron chi connectivity index (χ2n) is 5.63. The molecule has 2 unspecified atom stereocenters. The average Bonchev–Trinajstić information content (AvgIpc) is 2.45. The summed E-state index contributed by atoms with van der Waals surface area (Å²) in [7, 11) is 0. The lowest BCUT2D eigenvalue weighted by Gasteiger charge is -2.26. The maximum absolute atomic E-state index is 12.9. The minimum atomic E-state index is -4.60. The molecular formula is C15H18F3N3O. The molecule has 0 saturated heterocycles. The third kappa shape index (κ3) is 3.64. The van der Waals surface area contributed by atoms with E-state index in [1.165, 1.54) is 0 Å². The van der Waals surface area contributed by atoms with Crippen LogP contribution in [0.1, 0.15) is 49.0 Å². The predicted molar refractivity (Wildman–Crippen MR) is 76.3 cm³/mol. The molecule has 4 nitrogen and oxygen atoms in total. The molecule has 0 radical (unpaired) electrons. The van der Waals surface area contributed by atoms with Crippen LogP contribution in [0.15, 0.2) is 23.6 Å². The molecule has 1 fully saturated rings. The molecule has 1 saturated carbocycles. The zero-order valence-electron chi connectivity index (χ0n) is 12.4. The van der Waals surface area contributed by atoms with Gasteiger partial charge in [0, 0.05) is 18.1 Å². The Morgan fingerprint density at radius 3 is 2.55 bits per heavy atom. The van der Waals surface area contributed by atoms with Crippen molar-refractivity contribution >= 4 is 11.6 Å².